The highest BCUT2D eigenvalue weighted by atomic mass is 79.9. The Morgan fingerprint density at radius 2 is 2.22 bits per heavy atom. The molecule has 0 spiro atoms. The number of hydrogen-bond acceptors (Lipinski definition) is 2. The molecule has 0 saturated carbocycles. The predicted molar refractivity (Wildman–Crippen MR) is 79.8 cm³/mol. The second kappa shape index (κ2) is 6.17. The second-order valence-corrected chi connectivity index (χ2v) is 6.27. The lowest BCUT2D eigenvalue weighted by Crippen LogP contribution is -2.47. The van der Waals surface area contributed by atoms with Gasteiger partial charge in [0.15, 0.2) is 0 Å². The molecule has 18 heavy (non-hydrogen) atoms. The molecule has 1 unspecified atom stereocenters. The van der Waals surface area contributed by atoms with E-state index in [4.69, 9.17) is 0 Å². The first-order valence-electron chi connectivity index (χ1n) is 6.03. The Kier molecular flexibility index (Phi) is 4.81. The number of nitrogens with zero attached hydrogens (tertiary/aromatic N) is 1. The first-order valence-corrected chi connectivity index (χ1v) is 7.62. The molecular formula is C13H16Br2N2O. The zero-order valence-corrected chi connectivity index (χ0v) is 13.4. The van der Waals surface area contributed by atoms with Gasteiger partial charge >= 0.3 is 0 Å². The van der Waals surface area contributed by atoms with Gasteiger partial charge in [-0.3, -0.25) is 4.79 Å². The van der Waals surface area contributed by atoms with Crippen molar-refractivity contribution in [2.75, 3.05) is 20.1 Å². The molecule has 1 atom stereocenters. The molecular weight excluding hydrogens is 360 g/mol. The van der Waals surface area contributed by atoms with Crippen LogP contribution in [0.5, 0.6) is 0 Å². The van der Waals surface area contributed by atoms with Crippen LogP contribution in [0.3, 0.4) is 0 Å². The molecule has 1 amide bonds. The molecule has 0 aliphatic carbocycles. The highest BCUT2D eigenvalue weighted by Gasteiger charge is 2.24. The molecule has 0 radical (unpaired) electrons. The molecule has 1 heterocycles. The van der Waals surface area contributed by atoms with Crippen molar-refractivity contribution in [3.63, 3.8) is 0 Å². The number of benzene rings is 1. The lowest BCUT2D eigenvalue weighted by atomic mass is 10.0. The summed E-state index contributed by atoms with van der Waals surface area (Å²) in [6, 6.07) is 6.10. The van der Waals surface area contributed by atoms with Crippen molar-refractivity contribution in [3.05, 3.63) is 32.7 Å². The Bertz CT molecular complexity index is 451. The molecule has 0 bridgehead atoms. The SMILES string of the molecule is CNC1CCCN(C(=O)c2cc(Br)ccc2Br)C1. The summed E-state index contributed by atoms with van der Waals surface area (Å²) in [7, 11) is 1.95. The highest BCUT2D eigenvalue weighted by molar-refractivity contribution is 9.11. The minimum atomic E-state index is 0.100. The average molecular weight is 376 g/mol. The third-order valence-electron chi connectivity index (χ3n) is 3.28. The number of piperidine rings is 1. The molecule has 1 fully saturated rings. The molecule has 1 aliphatic rings. The molecule has 1 saturated heterocycles. The standard InChI is InChI=1S/C13H16Br2N2O/c1-16-10-3-2-6-17(8-10)13(18)11-7-9(14)4-5-12(11)15/h4-5,7,10,16H,2-3,6,8H2,1H3. The van der Waals surface area contributed by atoms with Crippen LogP contribution in [-0.2, 0) is 0 Å². The van der Waals surface area contributed by atoms with Crippen LogP contribution < -0.4 is 5.32 Å². The van der Waals surface area contributed by atoms with Crippen LogP contribution >= 0.6 is 31.9 Å². The van der Waals surface area contributed by atoms with Crippen LogP contribution in [0.15, 0.2) is 27.1 Å². The van der Waals surface area contributed by atoms with Crippen LogP contribution in [0, 0.1) is 0 Å². The van der Waals surface area contributed by atoms with Gasteiger partial charge in [-0.2, -0.15) is 0 Å². The molecule has 98 valence electrons. The first kappa shape index (κ1) is 14.0. The number of amides is 1. The van der Waals surface area contributed by atoms with Crippen LogP contribution in [0.25, 0.3) is 0 Å². The number of likely N-dealkylation sites (tertiary alicyclic amines) is 1. The fraction of sp³-hybridized carbons (Fsp3) is 0.462. The topological polar surface area (TPSA) is 32.3 Å². The van der Waals surface area contributed by atoms with Gasteiger partial charge in [0.25, 0.3) is 5.91 Å². The van der Waals surface area contributed by atoms with Gasteiger partial charge in [0.2, 0.25) is 0 Å². The van der Waals surface area contributed by atoms with E-state index >= 15 is 0 Å². The van der Waals surface area contributed by atoms with E-state index in [9.17, 15) is 4.79 Å². The van der Waals surface area contributed by atoms with E-state index < -0.39 is 0 Å². The molecule has 5 heteroatoms. The number of halogens is 2. The summed E-state index contributed by atoms with van der Waals surface area (Å²) in [5.74, 6) is 0.100. The number of likely N-dealkylation sites (N-methyl/N-ethyl adjacent to an activating group) is 1. The minimum Gasteiger partial charge on any atom is -0.337 e. The first-order chi connectivity index (χ1) is 8.61. The maximum absolute atomic E-state index is 12.5. The quantitative estimate of drug-likeness (QED) is 0.861. The van der Waals surface area contributed by atoms with Crippen molar-refractivity contribution in [1.82, 2.24) is 10.2 Å². The fourth-order valence-electron chi connectivity index (χ4n) is 2.23. The van der Waals surface area contributed by atoms with E-state index in [0.29, 0.717) is 6.04 Å². The normalized spacial score (nSPS) is 19.9. The number of hydrogen-bond donors (Lipinski definition) is 1. The fourth-order valence-corrected chi connectivity index (χ4v) is 3.01. The summed E-state index contributed by atoms with van der Waals surface area (Å²) in [6.45, 7) is 1.63. The molecule has 1 aromatic rings. The van der Waals surface area contributed by atoms with Gasteiger partial charge in [0.1, 0.15) is 0 Å². The van der Waals surface area contributed by atoms with Crippen LogP contribution in [-0.4, -0.2) is 37.0 Å². The molecule has 1 N–H and O–H groups in total. The molecule has 1 aliphatic heterocycles. The van der Waals surface area contributed by atoms with Crippen molar-refractivity contribution in [2.24, 2.45) is 0 Å². The maximum Gasteiger partial charge on any atom is 0.255 e. The third kappa shape index (κ3) is 3.13. The number of rotatable bonds is 2. The van der Waals surface area contributed by atoms with Crippen LogP contribution in [0.4, 0.5) is 0 Å². The Morgan fingerprint density at radius 1 is 1.44 bits per heavy atom. The summed E-state index contributed by atoms with van der Waals surface area (Å²) >= 11 is 6.86. The predicted octanol–water partition coefficient (Wildman–Crippen LogP) is 3.04. The molecule has 3 nitrogen and oxygen atoms in total. The van der Waals surface area contributed by atoms with E-state index in [2.05, 4.69) is 37.2 Å². The average Bonchev–Trinajstić information content (AvgIpc) is 2.41. The smallest absolute Gasteiger partial charge is 0.255 e. The Hall–Kier alpha value is -0.390. The van der Waals surface area contributed by atoms with Gasteiger partial charge < -0.3 is 10.2 Å². The zero-order valence-electron chi connectivity index (χ0n) is 10.2. The lowest BCUT2D eigenvalue weighted by molar-refractivity contribution is 0.0697. The van der Waals surface area contributed by atoms with Crippen LogP contribution in [0.1, 0.15) is 23.2 Å². The number of carbonyl (C=O) groups is 1. The maximum atomic E-state index is 12.5. The van der Waals surface area contributed by atoms with Gasteiger partial charge in [0, 0.05) is 28.1 Å². The molecule has 2 rings (SSSR count). The van der Waals surface area contributed by atoms with Gasteiger partial charge in [-0.05, 0) is 54.0 Å². The van der Waals surface area contributed by atoms with Crippen molar-refractivity contribution in [2.45, 2.75) is 18.9 Å². The summed E-state index contributed by atoms with van der Waals surface area (Å²) < 4.78 is 1.78. The summed E-state index contributed by atoms with van der Waals surface area (Å²) in [5, 5.41) is 3.25. The summed E-state index contributed by atoms with van der Waals surface area (Å²) in [6.07, 6.45) is 2.20. The minimum absolute atomic E-state index is 0.100. The van der Waals surface area contributed by atoms with Crippen LogP contribution in [0.2, 0.25) is 0 Å². The molecule has 0 aromatic heterocycles. The Balaban J connectivity index is 2.17. The van der Waals surface area contributed by atoms with Gasteiger partial charge in [-0.1, -0.05) is 15.9 Å². The lowest BCUT2D eigenvalue weighted by Gasteiger charge is -2.32. The Morgan fingerprint density at radius 3 is 2.94 bits per heavy atom. The second-order valence-electron chi connectivity index (χ2n) is 4.50. The summed E-state index contributed by atoms with van der Waals surface area (Å²) in [4.78, 5) is 14.4. The van der Waals surface area contributed by atoms with Gasteiger partial charge in [0.05, 0.1) is 5.56 Å². The summed E-state index contributed by atoms with van der Waals surface area (Å²) in [5.41, 5.74) is 0.723. The van der Waals surface area contributed by atoms with E-state index in [1.165, 1.54) is 0 Å². The Labute approximate surface area is 124 Å². The van der Waals surface area contributed by atoms with Crippen molar-refractivity contribution in [3.8, 4) is 0 Å². The largest absolute Gasteiger partial charge is 0.337 e. The molecule has 1 aromatic carbocycles. The zero-order chi connectivity index (χ0) is 13.1. The van der Waals surface area contributed by atoms with Gasteiger partial charge in [-0.25, -0.2) is 0 Å². The third-order valence-corrected chi connectivity index (χ3v) is 4.46. The number of carbonyl (C=O) groups excluding carboxylic acids is 1. The monoisotopic (exact) mass is 374 g/mol. The van der Waals surface area contributed by atoms with E-state index in [0.717, 1.165) is 40.4 Å². The van der Waals surface area contributed by atoms with Gasteiger partial charge in [-0.15, -0.1) is 0 Å². The van der Waals surface area contributed by atoms with E-state index in [1.54, 1.807) is 0 Å². The van der Waals surface area contributed by atoms with E-state index in [-0.39, 0.29) is 5.91 Å². The van der Waals surface area contributed by atoms with Crippen molar-refractivity contribution in [1.29, 1.82) is 0 Å². The van der Waals surface area contributed by atoms with Crippen molar-refractivity contribution < 1.29 is 4.79 Å². The van der Waals surface area contributed by atoms with Crippen molar-refractivity contribution >= 4 is 37.8 Å². The number of nitrogens with one attached hydrogen (secondary N) is 1. The van der Waals surface area contributed by atoms with E-state index in [1.807, 2.05) is 30.1 Å². The highest BCUT2D eigenvalue weighted by Crippen LogP contribution is 2.24.